The molecule has 1 atom stereocenters. The normalized spacial score (nSPS) is 11.4. The maximum atomic E-state index is 12.2. The van der Waals surface area contributed by atoms with Crippen LogP contribution in [0.1, 0.15) is 55.5 Å². The summed E-state index contributed by atoms with van der Waals surface area (Å²) in [4.78, 5) is 24.1. The first-order valence-corrected chi connectivity index (χ1v) is 9.58. The van der Waals surface area contributed by atoms with Crippen molar-refractivity contribution in [3.63, 3.8) is 0 Å². The third-order valence-corrected chi connectivity index (χ3v) is 4.32. The smallest absolute Gasteiger partial charge is 0.276 e. The minimum atomic E-state index is -0.447. The first-order valence-electron chi connectivity index (χ1n) is 9.58. The van der Waals surface area contributed by atoms with Gasteiger partial charge < -0.3 is 9.47 Å². The van der Waals surface area contributed by atoms with E-state index >= 15 is 0 Å². The molecular weight excluding hydrogens is 356 g/mol. The predicted octanol–water partition coefficient (Wildman–Crippen LogP) is 3.83. The number of carbonyl (C=O) groups excluding carboxylic acids is 2. The van der Waals surface area contributed by atoms with Crippen LogP contribution in [0.3, 0.4) is 0 Å². The van der Waals surface area contributed by atoms with Gasteiger partial charge in [-0.25, -0.2) is 0 Å². The highest BCUT2D eigenvalue weighted by Crippen LogP contribution is 2.21. The number of nitrogens with one attached hydrogen (secondary N) is 2. The molecule has 28 heavy (non-hydrogen) atoms. The molecule has 2 rings (SSSR count). The van der Waals surface area contributed by atoms with Gasteiger partial charge in [-0.05, 0) is 54.7 Å². The van der Waals surface area contributed by atoms with Crippen molar-refractivity contribution in [2.75, 3.05) is 13.2 Å². The Balaban J connectivity index is 1.78. The van der Waals surface area contributed by atoms with E-state index in [4.69, 9.17) is 9.47 Å². The van der Waals surface area contributed by atoms with Crippen LogP contribution in [0, 0.1) is 0 Å². The molecular formula is C22H28N2O4. The lowest BCUT2D eigenvalue weighted by Crippen LogP contribution is -2.43. The summed E-state index contributed by atoms with van der Waals surface area (Å²) in [6, 6.07) is 14.5. The molecule has 1 unspecified atom stereocenters. The highest BCUT2D eigenvalue weighted by Gasteiger charge is 2.09. The van der Waals surface area contributed by atoms with Crippen LogP contribution in [0.2, 0.25) is 0 Å². The van der Waals surface area contributed by atoms with Crippen molar-refractivity contribution in [3.8, 4) is 11.5 Å². The van der Waals surface area contributed by atoms with Crippen LogP contribution in [-0.2, 0) is 4.79 Å². The third-order valence-electron chi connectivity index (χ3n) is 4.32. The summed E-state index contributed by atoms with van der Waals surface area (Å²) < 4.78 is 11.0. The van der Waals surface area contributed by atoms with Crippen molar-refractivity contribution < 1.29 is 19.1 Å². The van der Waals surface area contributed by atoms with E-state index in [0.29, 0.717) is 29.6 Å². The van der Waals surface area contributed by atoms with Gasteiger partial charge >= 0.3 is 0 Å². The lowest BCUT2D eigenvalue weighted by molar-refractivity contribution is -0.123. The van der Waals surface area contributed by atoms with Crippen LogP contribution < -0.4 is 20.3 Å². The van der Waals surface area contributed by atoms with Crippen LogP contribution in [0.4, 0.5) is 0 Å². The molecule has 0 saturated carbocycles. The molecule has 0 aromatic heterocycles. The molecule has 6 nitrogen and oxygen atoms in total. The summed E-state index contributed by atoms with van der Waals surface area (Å²) in [5, 5.41) is 0. The molecule has 0 heterocycles. The number of rotatable bonds is 9. The van der Waals surface area contributed by atoms with Gasteiger partial charge in [-0.1, -0.05) is 39.0 Å². The Bertz CT molecular complexity index is 774. The van der Waals surface area contributed by atoms with Crippen molar-refractivity contribution in [1.29, 1.82) is 0 Å². The Kier molecular flexibility index (Phi) is 8.34. The Morgan fingerprint density at radius 1 is 0.964 bits per heavy atom. The van der Waals surface area contributed by atoms with Gasteiger partial charge in [0.05, 0.1) is 6.61 Å². The van der Waals surface area contributed by atoms with Gasteiger partial charge in [0.1, 0.15) is 11.5 Å². The van der Waals surface area contributed by atoms with Crippen LogP contribution in [0.15, 0.2) is 48.5 Å². The number of hydrogen-bond acceptors (Lipinski definition) is 4. The lowest BCUT2D eigenvalue weighted by atomic mass is 9.99. The van der Waals surface area contributed by atoms with Crippen LogP contribution in [0.5, 0.6) is 11.5 Å². The standard InChI is InChI=1S/C22H28N2O4/c1-4-13-27-20-8-6-7-18(14-20)22(26)24-23-21(25)15-28-19-11-9-17(10-12-19)16(3)5-2/h6-12,14,16H,4-5,13,15H2,1-3H3,(H,23,25)(H,24,26). The number of hydrazine groups is 1. The number of hydrogen-bond donors (Lipinski definition) is 2. The van der Waals surface area contributed by atoms with E-state index in [2.05, 4.69) is 24.7 Å². The molecule has 6 heteroatoms. The number of ether oxygens (including phenoxy) is 2. The maximum absolute atomic E-state index is 12.2. The first kappa shape index (κ1) is 21.3. The Morgan fingerprint density at radius 3 is 2.39 bits per heavy atom. The highest BCUT2D eigenvalue weighted by atomic mass is 16.5. The van der Waals surface area contributed by atoms with Crippen molar-refractivity contribution in [2.45, 2.75) is 39.5 Å². The quantitative estimate of drug-likeness (QED) is 0.644. The lowest BCUT2D eigenvalue weighted by Gasteiger charge is -2.11. The fourth-order valence-corrected chi connectivity index (χ4v) is 2.46. The molecule has 2 N–H and O–H groups in total. The highest BCUT2D eigenvalue weighted by molar-refractivity contribution is 5.95. The van der Waals surface area contributed by atoms with Crippen LogP contribution >= 0.6 is 0 Å². The molecule has 2 aromatic rings. The third kappa shape index (κ3) is 6.61. The van der Waals surface area contributed by atoms with Gasteiger partial charge in [0, 0.05) is 5.56 Å². The predicted molar refractivity (Wildman–Crippen MR) is 108 cm³/mol. The number of benzene rings is 2. The van der Waals surface area contributed by atoms with Crippen LogP contribution in [0.25, 0.3) is 0 Å². The molecule has 0 aliphatic rings. The van der Waals surface area contributed by atoms with Crippen molar-refractivity contribution in [3.05, 3.63) is 59.7 Å². The van der Waals surface area contributed by atoms with E-state index in [1.807, 2.05) is 31.2 Å². The SMILES string of the molecule is CCCOc1cccc(C(=O)NNC(=O)COc2ccc(C(C)CC)cc2)c1. The molecule has 0 radical (unpaired) electrons. The fraction of sp³-hybridized carbons (Fsp3) is 0.364. The van der Waals surface area contributed by atoms with Crippen molar-refractivity contribution in [1.82, 2.24) is 10.9 Å². The van der Waals surface area contributed by atoms with Gasteiger partial charge in [-0.2, -0.15) is 0 Å². The summed E-state index contributed by atoms with van der Waals surface area (Å²) >= 11 is 0. The van der Waals surface area contributed by atoms with Gasteiger partial charge in [0.15, 0.2) is 6.61 Å². The van der Waals surface area contributed by atoms with Crippen molar-refractivity contribution in [2.24, 2.45) is 0 Å². The van der Waals surface area contributed by atoms with E-state index in [0.717, 1.165) is 12.8 Å². The minimum Gasteiger partial charge on any atom is -0.494 e. The average molecular weight is 384 g/mol. The Labute approximate surface area is 166 Å². The topological polar surface area (TPSA) is 76.7 Å². The molecule has 150 valence electrons. The molecule has 0 fully saturated rings. The van der Waals surface area contributed by atoms with Gasteiger partial charge in [-0.15, -0.1) is 0 Å². The summed E-state index contributed by atoms with van der Waals surface area (Å²) in [6.45, 7) is 6.70. The first-order chi connectivity index (χ1) is 13.5. The fourth-order valence-electron chi connectivity index (χ4n) is 2.46. The van der Waals surface area contributed by atoms with E-state index in [1.165, 1.54) is 5.56 Å². The van der Waals surface area contributed by atoms with Crippen LogP contribution in [-0.4, -0.2) is 25.0 Å². The second-order valence-corrected chi connectivity index (χ2v) is 6.55. The monoisotopic (exact) mass is 384 g/mol. The average Bonchev–Trinajstić information content (AvgIpc) is 2.74. The zero-order valence-corrected chi connectivity index (χ0v) is 16.7. The second kappa shape index (κ2) is 11.0. The maximum Gasteiger partial charge on any atom is 0.276 e. The molecule has 0 spiro atoms. The molecule has 0 aliphatic heterocycles. The molecule has 0 bridgehead atoms. The Hall–Kier alpha value is -3.02. The van der Waals surface area contributed by atoms with Gasteiger partial charge in [-0.3, -0.25) is 20.4 Å². The Morgan fingerprint density at radius 2 is 1.71 bits per heavy atom. The number of amides is 2. The van der Waals surface area contributed by atoms with E-state index < -0.39 is 11.8 Å². The second-order valence-electron chi connectivity index (χ2n) is 6.55. The molecule has 0 saturated heterocycles. The summed E-state index contributed by atoms with van der Waals surface area (Å²) in [5.74, 6) is 0.837. The summed E-state index contributed by atoms with van der Waals surface area (Å²) in [5.41, 5.74) is 6.36. The summed E-state index contributed by atoms with van der Waals surface area (Å²) in [6.07, 6.45) is 1.95. The van der Waals surface area contributed by atoms with Gasteiger partial charge in [0.25, 0.3) is 11.8 Å². The van der Waals surface area contributed by atoms with E-state index in [9.17, 15) is 9.59 Å². The van der Waals surface area contributed by atoms with Gasteiger partial charge in [0.2, 0.25) is 0 Å². The van der Waals surface area contributed by atoms with E-state index in [-0.39, 0.29) is 6.61 Å². The molecule has 0 aliphatic carbocycles. The largest absolute Gasteiger partial charge is 0.494 e. The van der Waals surface area contributed by atoms with E-state index in [1.54, 1.807) is 24.3 Å². The molecule has 2 amide bonds. The van der Waals surface area contributed by atoms with Crippen molar-refractivity contribution >= 4 is 11.8 Å². The zero-order chi connectivity index (χ0) is 20.4. The molecule has 2 aromatic carbocycles. The summed E-state index contributed by atoms with van der Waals surface area (Å²) in [7, 11) is 0. The zero-order valence-electron chi connectivity index (χ0n) is 16.7. The minimum absolute atomic E-state index is 0.192. The number of carbonyl (C=O) groups is 2.